The molecule has 3 fully saturated rings. The highest BCUT2D eigenvalue weighted by Crippen LogP contribution is 2.50. The zero-order valence-corrected chi connectivity index (χ0v) is 27.4. The number of aryl methyl sites for hydroxylation is 2. The molecule has 2 saturated carbocycles. The average Bonchev–Trinajstić information content (AvgIpc) is 3.61. The Balaban J connectivity index is 1.37. The van der Waals surface area contributed by atoms with Gasteiger partial charge < -0.3 is 26.2 Å². The van der Waals surface area contributed by atoms with E-state index in [1.807, 2.05) is 25.1 Å². The zero-order valence-electron chi connectivity index (χ0n) is 27.4. The van der Waals surface area contributed by atoms with Gasteiger partial charge in [-0.3, -0.25) is 9.59 Å². The maximum absolute atomic E-state index is 13.5. The van der Waals surface area contributed by atoms with Gasteiger partial charge in [0.15, 0.2) is 5.82 Å². The first kappa shape index (κ1) is 31.9. The number of amides is 2. The van der Waals surface area contributed by atoms with Crippen molar-refractivity contribution in [3.8, 4) is 6.07 Å². The number of likely N-dealkylation sites (tertiary alicyclic amines) is 1. The number of nitrogens with one attached hydrogen (secondary N) is 1. The Kier molecular flexibility index (Phi) is 8.24. The minimum atomic E-state index is -1.00. The van der Waals surface area contributed by atoms with Crippen molar-refractivity contribution in [1.82, 2.24) is 19.9 Å². The molecule has 4 aliphatic rings. The summed E-state index contributed by atoms with van der Waals surface area (Å²) in [6.45, 7) is 6.08. The Bertz CT molecular complexity index is 1810. The molecule has 2 amide bonds. The Hall–Kier alpha value is -4.69. The smallest absolute Gasteiger partial charge is 0.399 e. The van der Waals surface area contributed by atoms with Crippen molar-refractivity contribution in [1.29, 1.82) is 5.26 Å². The molecule has 11 nitrogen and oxygen atoms in total. The van der Waals surface area contributed by atoms with Crippen molar-refractivity contribution >= 4 is 17.5 Å². The summed E-state index contributed by atoms with van der Waals surface area (Å²) in [7, 11) is 0. The molecule has 5 atom stereocenters. The van der Waals surface area contributed by atoms with Gasteiger partial charge >= 0.3 is 5.76 Å². The van der Waals surface area contributed by atoms with Crippen LogP contribution in [0.2, 0.25) is 0 Å². The Morgan fingerprint density at radius 1 is 1.08 bits per heavy atom. The molecule has 1 saturated heterocycles. The highest BCUT2D eigenvalue weighted by Gasteiger charge is 2.54. The SMILES string of the molecule is C=C(N)c1ccc2c(c1)CCc1cc(C(N)=O)ccc1C2(C[C@@H](C)NCC(=O)N1C(C#N)C[C@@H]2C[C@@H]21)c1nc(=O)on1C1CCCCC1. The number of aromatic nitrogens is 2. The van der Waals surface area contributed by atoms with Crippen LogP contribution in [-0.4, -0.2) is 51.1 Å². The van der Waals surface area contributed by atoms with Crippen LogP contribution in [0, 0.1) is 17.2 Å². The number of hydrogen-bond donors (Lipinski definition) is 3. The normalized spacial score (nSPS) is 25.2. The average molecular weight is 650 g/mol. The highest BCUT2D eigenvalue weighted by atomic mass is 16.5. The number of piperidine rings is 1. The minimum absolute atomic E-state index is 0.0293. The van der Waals surface area contributed by atoms with Crippen LogP contribution in [0.4, 0.5) is 0 Å². The lowest BCUT2D eigenvalue weighted by Crippen LogP contribution is -2.47. The van der Waals surface area contributed by atoms with Crippen LogP contribution in [0.15, 0.2) is 52.3 Å². The van der Waals surface area contributed by atoms with Gasteiger partial charge in [0.25, 0.3) is 0 Å². The fourth-order valence-corrected chi connectivity index (χ4v) is 8.70. The molecule has 11 heteroatoms. The molecule has 7 rings (SSSR count). The van der Waals surface area contributed by atoms with Gasteiger partial charge in [-0.2, -0.15) is 15.0 Å². The van der Waals surface area contributed by atoms with Gasteiger partial charge in [0, 0.05) is 23.3 Å². The fraction of sp³-hybridized carbons (Fsp3) is 0.486. The summed E-state index contributed by atoms with van der Waals surface area (Å²) < 4.78 is 7.70. The van der Waals surface area contributed by atoms with Crippen LogP contribution in [-0.2, 0) is 23.1 Å². The van der Waals surface area contributed by atoms with E-state index in [1.54, 1.807) is 15.7 Å². The number of primary amides is 1. The number of rotatable bonds is 9. The van der Waals surface area contributed by atoms with E-state index >= 15 is 0 Å². The number of carbonyl (C=O) groups excluding carboxylic acids is 2. The molecular weight excluding hydrogens is 606 g/mol. The third kappa shape index (κ3) is 5.52. The van der Waals surface area contributed by atoms with Crippen molar-refractivity contribution in [2.24, 2.45) is 17.4 Å². The topological polar surface area (TPSA) is 173 Å². The van der Waals surface area contributed by atoms with Gasteiger partial charge in [0.1, 0.15) is 6.04 Å². The summed E-state index contributed by atoms with van der Waals surface area (Å²) in [6, 6.07) is 13.4. The molecule has 3 aromatic rings. The van der Waals surface area contributed by atoms with E-state index in [0.717, 1.165) is 72.8 Å². The number of fused-ring (bicyclic) bond motifs is 3. The molecule has 3 aliphatic carbocycles. The third-order valence-corrected chi connectivity index (χ3v) is 11.1. The predicted octanol–water partition coefficient (Wildman–Crippen LogP) is 3.68. The first-order valence-electron chi connectivity index (χ1n) is 17.2. The lowest BCUT2D eigenvalue weighted by molar-refractivity contribution is -0.131. The second-order valence-electron chi connectivity index (χ2n) is 14.2. The number of nitrogens with two attached hydrogens (primary N) is 2. The van der Waals surface area contributed by atoms with Crippen molar-refractivity contribution in [3.05, 3.63) is 92.7 Å². The lowest BCUT2D eigenvalue weighted by Gasteiger charge is -2.39. The monoisotopic (exact) mass is 649 g/mol. The van der Waals surface area contributed by atoms with E-state index in [4.69, 9.17) is 16.0 Å². The van der Waals surface area contributed by atoms with Crippen molar-refractivity contribution in [2.75, 3.05) is 6.54 Å². The maximum Gasteiger partial charge on any atom is 0.459 e. The quantitative estimate of drug-likeness (QED) is 0.315. The Morgan fingerprint density at radius 2 is 1.75 bits per heavy atom. The zero-order chi connectivity index (χ0) is 33.7. The molecule has 5 N–H and O–H groups in total. The van der Waals surface area contributed by atoms with Crippen LogP contribution in [0.5, 0.6) is 0 Å². The molecule has 2 aromatic carbocycles. The van der Waals surface area contributed by atoms with E-state index in [0.29, 0.717) is 42.3 Å². The van der Waals surface area contributed by atoms with E-state index in [9.17, 15) is 19.6 Å². The Labute approximate surface area is 279 Å². The van der Waals surface area contributed by atoms with E-state index in [-0.39, 0.29) is 36.6 Å². The molecule has 2 heterocycles. The van der Waals surface area contributed by atoms with Crippen LogP contribution in [0.3, 0.4) is 0 Å². The molecule has 0 spiro atoms. The summed E-state index contributed by atoms with van der Waals surface area (Å²) in [5.41, 5.74) is 16.4. The van der Waals surface area contributed by atoms with E-state index in [1.165, 1.54) is 0 Å². The van der Waals surface area contributed by atoms with E-state index in [2.05, 4.69) is 35.1 Å². The summed E-state index contributed by atoms with van der Waals surface area (Å²) in [5, 5.41) is 13.2. The van der Waals surface area contributed by atoms with Crippen LogP contribution in [0.1, 0.15) is 108 Å². The third-order valence-electron chi connectivity index (χ3n) is 11.1. The highest BCUT2D eigenvalue weighted by molar-refractivity contribution is 5.93. The number of carbonyl (C=O) groups is 2. The van der Waals surface area contributed by atoms with Gasteiger partial charge in [0.05, 0.1) is 24.1 Å². The fourth-order valence-electron chi connectivity index (χ4n) is 8.70. The molecule has 48 heavy (non-hydrogen) atoms. The second kappa shape index (κ2) is 12.4. The molecule has 0 bridgehead atoms. The number of nitrogens with zero attached hydrogens (tertiary/aromatic N) is 4. The van der Waals surface area contributed by atoms with Crippen molar-refractivity contribution < 1.29 is 14.1 Å². The number of nitriles is 1. The number of benzene rings is 2. The van der Waals surface area contributed by atoms with Crippen LogP contribution >= 0.6 is 0 Å². The van der Waals surface area contributed by atoms with Crippen LogP contribution < -0.4 is 22.5 Å². The van der Waals surface area contributed by atoms with Crippen LogP contribution in [0.25, 0.3) is 5.70 Å². The van der Waals surface area contributed by atoms with Gasteiger partial charge in [-0.1, -0.05) is 44.0 Å². The Morgan fingerprint density at radius 3 is 2.40 bits per heavy atom. The first-order valence-corrected chi connectivity index (χ1v) is 17.2. The molecule has 1 aliphatic heterocycles. The largest absolute Gasteiger partial charge is 0.459 e. The summed E-state index contributed by atoms with van der Waals surface area (Å²) in [5.74, 6) is -0.306. The summed E-state index contributed by atoms with van der Waals surface area (Å²) in [6.07, 6.45) is 8.31. The molecule has 0 radical (unpaired) electrons. The number of hydrogen-bond acceptors (Lipinski definition) is 8. The lowest BCUT2D eigenvalue weighted by atomic mass is 9.67. The first-order chi connectivity index (χ1) is 23.1. The second-order valence-corrected chi connectivity index (χ2v) is 14.2. The minimum Gasteiger partial charge on any atom is -0.399 e. The summed E-state index contributed by atoms with van der Waals surface area (Å²) in [4.78, 5) is 45.5. The molecule has 2 unspecified atom stereocenters. The summed E-state index contributed by atoms with van der Waals surface area (Å²) >= 11 is 0. The predicted molar refractivity (Wildman–Crippen MR) is 180 cm³/mol. The molecular formula is C37H43N7O4. The standard InChI is InChI=1S/C37H43N7O4/c1-21(41-20-33(45)43-29(19-38)16-27-17-32(27)43)18-37(35-42-36(47)48-44(35)28-6-4-3-5-7-28)30-12-10-23(22(2)39)14-24(30)8-9-25-15-26(34(40)46)11-13-31(25)37/h10-15,21,27-29,32,41H,2-9,16-18,20,39H2,1H3,(H2,40,46)/t21-,27-,29?,32+,37?/m1/s1. The van der Waals surface area contributed by atoms with E-state index < -0.39 is 17.1 Å². The maximum atomic E-state index is 13.5. The van der Waals surface area contributed by atoms with Gasteiger partial charge in [-0.05, 0) is 104 Å². The van der Waals surface area contributed by atoms with Crippen molar-refractivity contribution in [3.63, 3.8) is 0 Å². The van der Waals surface area contributed by atoms with Crippen molar-refractivity contribution in [2.45, 2.75) is 101 Å². The van der Waals surface area contributed by atoms with Gasteiger partial charge in [0.2, 0.25) is 11.8 Å². The molecule has 250 valence electrons. The molecule has 1 aromatic heterocycles. The van der Waals surface area contributed by atoms with Gasteiger partial charge in [-0.15, -0.1) is 0 Å². The van der Waals surface area contributed by atoms with Gasteiger partial charge in [-0.25, -0.2) is 4.79 Å².